The molecular formula is C16H23N5O3S. The van der Waals surface area contributed by atoms with Gasteiger partial charge in [0.2, 0.25) is 5.91 Å². The summed E-state index contributed by atoms with van der Waals surface area (Å²) >= 11 is 1.25. The van der Waals surface area contributed by atoms with Crippen molar-refractivity contribution in [1.82, 2.24) is 24.9 Å². The van der Waals surface area contributed by atoms with Gasteiger partial charge in [-0.3, -0.25) is 9.20 Å². The number of fused-ring (bicyclic) bond motifs is 1. The summed E-state index contributed by atoms with van der Waals surface area (Å²) in [5, 5.41) is 11.5. The van der Waals surface area contributed by atoms with Crippen molar-refractivity contribution in [2.24, 2.45) is 5.92 Å². The highest BCUT2D eigenvalue weighted by molar-refractivity contribution is 7.99. The maximum atomic E-state index is 12.3. The third kappa shape index (κ3) is 4.47. The van der Waals surface area contributed by atoms with Crippen LogP contribution >= 0.6 is 11.8 Å². The van der Waals surface area contributed by atoms with Gasteiger partial charge in [0.25, 0.3) is 5.78 Å². The van der Waals surface area contributed by atoms with Gasteiger partial charge in [-0.15, -0.1) is 10.2 Å². The lowest BCUT2D eigenvalue weighted by molar-refractivity contribution is -0.146. The van der Waals surface area contributed by atoms with Crippen LogP contribution in [0.3, 0.4) is 0 Å². The number of methoxy groups -OCH3 is 1. The minimum Gasteiger partial charge on any atom is -0.467 e. The number of esters is 1. The molecule has 136 valence electrons. The highest BCUT2D eigenvalue weighted by Crippen LogP contribution is 2.18. The van der Waals surface area contributed by atoms with Crippen molar-refractivity contribution in [2.75, 3.05) is 12.9 Å². The number of nitrogens with zero attached hydrogens (tertiary/aromatic N) is 4. The van der Waals surface area contributed by atoms with Crippen LogP contribution in [0.1, 0.15) is 31.7 Å². The minimum absolute atomic E-state index is 0.00950. The number of aryl methyl sites for hydroxylation is 2. The molecule has 2 aromatic heterocycles. The Hall–Kier alpha value is -2.16. The minimum atomic E-state index is -0.649. The van der Waals surface area contributed by atoms with Crippen LogP contribution in [0.2, 0.25) is 0 Å². The van der Waals surface area contributed by atoms with E-state index in [0.29, 0.717) is 10.9 Å². The van der Waals surface area contributed by atoms with Gasteiger partial charge in [0.15, 0.2) is 5.16 Å². The van der Waals surface area contributed by atoms with Crippen LogP contribution in [0.15, 0.2) is 11.2 Å². The fourth-order valence-corrected chi connectivity index (χ4v) is 3.23. The van der Waals surface area contributed by atoms with E-state index in [2.05, 4.69) is 20.5 Å². The summed E-state index contributed by atoms with van der Waals surface area (Å²) in [6, 6.07) is 1.28. The maximum Gasteiger partial charge on any atom is 0.328 e. The molecule has 2 rings (SSSR count). The average molecular weight is 365 g/mol. The molecule has 8 nitrogen and oxygen atoms in total. The largest absolute Gasteiger partial charge is 0.467 e. The predicted molar refractivity (Wildman–Crippen MR) is 94.4 cm³/mol. The molecule has 0 saturated heterocycles. The van der Waals surface area contributed by atoms with E-state index >= 15 is 0 Å². The number of ether oxygens (including phenoxy) is 1. The van der Waals surface area contributed by atoms with Crippen LogP contribution in [0, 0.1) is 19.8 Å². The monoisotopic (exact) mass is 365 g/mol. The first-order valence-electron chi connectivity index (χ1n) is 8.06. The van der Waals surface area contributed by atoms with E-state index < -0.39 is 12.0 Å². The fraction of sp³-hybridized carbons (Fsp3) is 0.562. The lowest BCUT2D eigenvalue weighted by Crippen LogP contribution is -2.46. The summed E-state index contributed by atoms with van der Waals surface area (Å²) in [7, 11) is 1.32. The van der Waals surface area contributed by atoms with Crippen molar-refractivity contribution >= 4 is 29.4 Å². The van der Waals surface area contributed by atoms with Gasteiger partial charge in [0, 0.05) is 11.4 Å². The van der Waals surface area contributed by atoms with Gasteiger partial charge >= 0.3 is 5.97 Å². The number of rotatable bonds is 7. The molecule has 0 aliphatic rings. The number of hydrogen-bond acceptors (Lipinski definition) is 7. The lowest BCUT2D eigenvalue weighted by Gasteiger charge is -2.21. The zero-order valence-corrected chi connectivity index (χ0v) is 15.9. The number of carbonyl (C=O) groups is 2. The second kappa shape index (κ2) is 8.28. The molecule has 0 aliphatic carbocycles. The van der Waals surface area contributed by atoms with E-state index in [1.807, 2.05) is 33.8 Å². The first-order valence-corrected chi connectivity index (χ1v) is 9.05. The van der Waals surface area contributed by atoms with E-state index in [1.54, 1.807) is 4.40 Å². The Morgan fingerprint density at radius 1 is 1.36 bits per heavy atom. The molecule has 1 N–H and O–H groups in total. The predicted octanol–water partition coefficient (Wildman–Crippen LogP) is 1.54. The molecule has 25 heavy (non-hydrogen) atoms. The highest BCUT2D eigenvalue weighted by Gasteiger charge is 2.26. The number of amides is 1. The summed E-state index contributed by atoms with van der Waals surface area (Å²) in [5.41, 5.74) is 1.81. The van der Waals surface area contributed by atoms with Crippen LogP contribution < -0.4 is 5.32 Å². The van der Waals surface area contributed by atoms with E-state index in [-0.39, 0.29) is 17.6 Å². The molecule has 0 spiro atoms. The first-order chi connectivity index (χ1) is 11.9. The molecule has 1 amide bonds. The fourth-order valence-electron chi connectivity index (χ4n) is 2.44. The molecular weight excluding hydrogens is 342 g/mol. The maximum absolute atomic E-state index is 12.3. The van der Waals surface area contributed by atoms with Crippen LogP contribution in [-0.4, -0.2) is 50.4 Å². The number of carbonyl (C=O) groups excluding carboxylic acids is 2. The molecule has 2 aromatic rings. The zero-order valence-electron chi connectivity index (χ0n) is 15.1. The molecule has 9 heteroatoms. The Bertz CT molecular complexity index is 776. The topological polar surface area (TPSA) is 98.5 Å². The summed E-state index contributed by atoms with van der Waals surface area (Å²) in [4.78, 5) is 28.4. The van der Waals surface area contributed by atoms with E-state index in [1.165, 1.54) is 18.9 Å². The zero-order chi connectivity index (χ0) is 18.6. The number of hydrogen-bond donors (Lipinski definition) is 1. The van der Waals surface area contributed by atoms with Crippen molar-refractivity contribution < 1.29 is 14.3 Å². The number of thioether (sulfide) groups is 1. The Labute approximate surface area is 150 Å². The molecule has 0 radical (unpaired) electrons. The van der Waals surface area contributed by atoms with Gasteiger partial charge < -0.3 is 10.1 Å². The van der Waals surface area contributed by atoms with Crippen molar-refractivity contribution in [3.63, 3.8) is 0 Å². The molecule has 0 fully saturated rings. The normalized spacial score (nSPS) is 13.5. The van der Waals surface area contributed by atoms with Gasteiger partial charge in [0.1, 0.15) is 6.04 Å². The standard InChI is InChI=1S/C16H23N5O3S/c1-6-9(2)13(14(23)24-5)18-12(22)8-25-16-20-19-15-17-10(3)7-11(4)21(15)16/h7,9,13H,6,8H2,1-5H3,(H,18,22)/t9-,13+/m0/s1. The van der Waals surface area contributed by atoms with Crippen LogP contribution in [0.4, 0.5) is 0 Å². The number of nitrogens with one attached hydrogen (secondary N) is 1. The molecule has 0 unspecified atom stereocenters. The molecule has 0 aliphatic heterocycles. The SMILES string of the molecule is CC[C@H](C)[C@@H](NC(=O)CSc1nnc2nc(C)cc(C)n12)C(=O)OC. The van der Waals surface area contributed by atoms with E-state index in [0.717, 1.165) is 17.8 Å². The Balaban J connectivity index is 2.06. The molecule has 2 heterocycles. The van der Waals surface area contributed by atoms with Crippen LogP contribution in [0.25, 0.3) is 5.78 Å². The summed E-state index contributed by atoms with van der Waals surface area (Å²) < 4.78 is 6.58. The molecule has 0 saturated carbocycles. The van der Waals surface area contributed by atoms with Gasteiger partial charge in [-0.1, -0.05) is 32.0 Å². The summed E-state index contributed by atoms with van der Waals surface area (Å²) in [5.74, 6) is -0.0681. The Kier molecular flexibility index (Phi) is 6.35. The smallest absolute Gasteiger partial charge is 0.328 e. The summed E-state index contributed by atoms with van der Waals surface area (Å²) in [6.07, 6.45) is 0.756. The highest BCUT2D eigenvalue weighted by atomic mass is 32.2. The van der Waals surface area contributed by atoms with Gasteiger partial charge in [-0.2, -0.15) is 0 Å². The lowest BCUT2D eigenvalue weighted by atomic mass is 9.99. The third-order valence-corrected chi connectivity index (χ3v) is 4.91. The second-order valence-electron chi connectivity index (χ2n) is 5.90. The number of aromatic nitrogens is 4. The van der Waals surface area contributed by atoms with Crippen molar-refractivity contribution in [2.45, 2.75) is 45.3 Å². The van der Waals surface area contributed by atoms with Gasteiger partial charge in [-0.25, -0.2) is 9.78 Å². The Morgan fingerprint density at radius 2 is 2.08 bits per heavy atom. The molecule has 0 aromatic carbocycles. The summed E-state index contributed by atoms with van der Waals surface area (Å²) in [6.45, 7) is 7.69. The van der Waals surface area contributed by atoms with Gasteiger partial charge in [0.05, 0.1) is 12.9 Å². The third-order valence-electron chi connectivity index (χ3n) is 3.98. The average Bonchev–Trinajstić information content (AvgIpc) is 2.99. The molecule has 0 bridgehead atoms. The van der Waals surface area contributed by atoms with E-state index in [4.69, 9.17) is 4.74 Å². The molecule has 2 atom stereocenters. The Morgan fingerprint density at radius 3 is 2.72 bits per heavy atom. The second-order valence-corrected chi connectivity index (χ2v) is 6.84. The quantitative estimate of drug-likeness (QED) is 0.587. The van der Waals surface area contributed by atoms with Gasteiger partial charge in [-0.05, 0) is 25.8 Å². The van der Waals surface area contributed by atoms with Crippen molar-refractivity contribution in [3.05, 3.63) is 17.5 Å². The van der Waals surface area contributed by atoms with E-state index in [9.17, 15) is 9.59 Å². The van der Waals surface area contributed by atoms with Crippen molar-refractivity contribution in [1.29, 1.82) is 0 Å². The van der Waals surface area contributed by atoms with Crippen LogP contribution in [0.5, 0.6) is 0 Å². The van der Waals surface area contributed by atoms with Crippen LogP contribution in [-0.2, 0) is 14.3 Å². The van der Waals surface area contributed by atoms with Crippen molar-refractivity contribution in [3.8, 4) is 0 Å². The first kappa shape index (κ1) is 19.2.